The van der Waals surface area contributed by atoms with E-state index in [4.69, 9.17) is 4.74 Å². The lowest BCUT2D eigenvalue weighted by molar-refractivity contribution is -0.0439. The van der Waals surface area contributed by atoms with E-state index in [0.29, 0.717) is 6.04 Å². The first-order chi connectivity index (χ1) is 8.70. The molecule has 1 saturated heterocycles. The second kappa shape index (κ2) is 6.31. The fourth-order valence-electron chi connectivity index (χ4n) is 2.19. The Morgan fingerprint density at radius 2 is 2.44 bits per heavy atom. The Hall–Kier alpha value is -0.910. The van der Waals surface area contributed by atoms with Crippen LogP contribution in [0, 0.1) is 0 Å². The molecule has 1 unspecified atom stereocenters. The molecule has 2 heterocycles. The fraction of sp³-hybridized carbons (Fsp3) is 0.769. The molecular formula is C13H24N4O. The first-order valence-electron chi connectivity index (χ1n) is 6.80. The van der Waals surface area contributed by atoms with Crippen LogP contribution in [0.3, 0.4) is 0 Å². The van der Waals surface area contributed by atoms with Crippen LogP contribution in [0.2, 0.25) is 0 Å². The maximum atomic E-state index is 5.81. The molecule has 0 saturated carbocycles. The van der Waals surface area contributed by atoms with Gasteiger partial charge in [0.1, 0.15) is 11.9 Å². The van der Waals surface area contributed by atoms with Crippen LogP contribution in [0.25, 0.3) is 0 Å². The molecule has 2 rings (SSSR count). The fourth-order valence-corrected chi connectivity index (χ4v) is 2.19. The van der Waals surface area contributed by atoms with Gasteiger partial charge in [-0.1, -0.05) is 6.92 Å². The summed E-state index contributed by atoms with van der Waals surface area (Å²) in [5, 5.41) is 3.29. The number of aromatic nitrogens is 2. The molecule has 1 aromatic heterocycles. The Bertz CT molecular complexity index is 364. The van der Waals surface area contributed by atoms with Gasteiger partial charge in [0, 0.05) is 37.6 Å². The topological polar surface area (TPSA) is 53.2 Å². The number of nitrogens with zero attached hydrogens (tertiary/aromatic N) is 2. The number of morpholine rings is 1. The molecule has 1 fully saturated rings. The number of nitrogens with one attached hydrogen (secondary N) is 2. The second-order valence-electron chi connectivity index (χ2n) is 5.02. The van der Waals surface area contributed by atoms with Gasteiger partial charge < -0.3 is 15.0 Å². The minimum Gasteiger partial charge on any atom is -0.368 e. The van der Waals surface area contributed by atoms with E-state index in [-0.39, 0.29) is 6.10 Å². The van der Waals surface area contributed by atoms with Gasteiger partial charge in [-0.15, -0.1) is 0 Å². The highest BCUT2D eigenvalue weighted by Crippen LogP contribution is 2.20. The van der Waals surface area contributed by atoms with E-state index in [1.165, 1.54) is 0 Å². The molecule has 102 valence electrons. The van der Waals surface area contributed by atoms with Gasteiger partial charge in [0.05, 0.1) is 6.61 Å². The largest absolute Gasteiger partial charge is 0.368 e. The SMILES string of the molecule is CCNCc1cnc(C2CN(C(C)C)CCO2)[nH]1. The third-order valence-corrected chi connectivity index (χ3v) is 3.35. The lowest BCUT2D eigenvalue weighted by Gasteiger charge is -2.34. The summed E-state index contributed by atoms with van der Waals surface area (Å²) in [5.41, 5.74) is 1.12. The zero-order valence-corrected chi connectivity index (χ0v) is 11.6. The normalized spacial score (nSPS) is 21.7. The predicted molar refractivity (Wildman–Crippen MR) is 71.4 cm³/mol. The van der Waals surface area contributed by atoms with Crippen molar-refractivity contribution in [1.29, 1.82) is 0 Å². The number of hydrogen-bond acceptors (Lipinski definition) is 4. The Balaban J connectivity index is 1.95. The Kier molecular flexibility index (Phi) is 4.74. The van der Waals surface area contributed by atoms with E-state index in [0.717, 1.165) is 44.3 Å². The van der Waals surface area contributed by atoms with Crippen LogP contribution < -0.4 is 5.32 Å². The molecule has 0 radical (unpaired) electrons. The third kappa shape index (κ3) is 3.31. The van der Waals surface area contributed by atoms with Gasteiger partial charge >= 0.3 is 0 Å². The molecule has 1 aliphatic heterocycles. The summed E-state index contributed by atoms with van der Waals surface area (Å²) in [6.07, 6.45) is 1.98. The van der Waals surface area contributed by atoms with E-state index in [1.807, 2.05) is 6.20 Å². The highest BCUT2D eigenvalue weighted by molar-refractivity contribution is 5.04. The van der Waals surface area contributed by atoms with Gasteiger partial charge in [-0.2, -0.15) is 0 Å². The Morgan fingerprint density at radius 3 is 3.17 bits per heavy atom. The lowest BCUT2D eigenvalue weighted by atomic mass is 10.2. The van der Waals surface area contributed by atoms with E-state index in [1.54, 1.807) is 0 Å². The smallest absolute Gasteiger partial charge is 0.136 e. The molecule has 0 amide bonds. The number of H-pyrrole nitrogens is 1. The van der Waals surface area contributed by atoms with Crippen molar-refractivity contribution in [2.75, 3.05) is 26.2 Å². The highest BCUT2D eigenvalue weighted by Gasteiger charge is 2.25. The molecule has 0 aromatic carbocycles. The lowest BCUT2D eigenvalue weighted by Crippen LogP contribution is -2.42. The van der Waals surface area contributed by atoms with Gasteiger partial charge in [-0.3, -0.25) is 4.90 Å². The van der Waals surface area contributed by atoms with Crippen LogP contribution in [-0.4, -0.2) is 47.2 Å². The van der Waals surface area contributed by atoms with Crippen LogP contribution >= 0.6 is 0 Å². The molecule has 0 aliphatic carbocycles. The molecule has 5 heteroatoms. The number of rotatable bonds is 5. The van der Waals surface area contributed by atoms with E-state index in [9.17, 15) is 0 Å². The molecule has 18 heavy (non-hydrogen) atoms. The average molecular weight is 252 g/mol. The highest BCUT2D eigenvalue weighted by atomic mass is 16.5. The standard InChI is InChI=1S/C13H24N4O/c1-4-14-7-11-8-15-13(16-11)12-9-17(10(2)3)5-6-18-12/h8,10,12,14H,4-7,9H2,1-3H3,(H,15,16). The van der Waals surface area contributed by atoms with Gasteiger partial charge in [0.2, 0.25) is 0 Å². The zero-order chi connectivity index (χ0) is 13.0. The van der Waals surface area contributed by atoms with Crippen molar-refractivity contribution in [2.45, 2.75) is 39.5 Å². The minimum atomic E-state index is 0.0801. The van der Waals surface area contributed by atoms with E-state index < -0.39 is 0 Å². The van der Waals surface area contributed by atoms with Crippen molar-refractivity contribution >= 4 is 0 Å². The first-order valence-corrected chi connectivity index (χ1v) is 6.80. The summed E-state index contributed by atoms with van der Waals surface area (Å²) in [5.74, 6) is 0.952. The van der Waals surface area contributed by atoms with Crippen LogP contribution in [0.5, 0.6) is 0 Å². The van der Waals surface area contributed by atoms with Crippen LogP contribution in [0.1, 0.15) is 38.4 Å². The summed E-state index contributed by atoms with van der Waals surface area (Å²) in [6, 6.07) is 0.563. The van der Waals surface area contributed by atoms with Gasteiger partial charge in [0.15, 0.2) is 0 Å². The van der Waals surface area contributed by atoms with Crippen LogP contribution in [-0.2, 0) is 11.3 Å². The molecule has 1 aliphatic rings. The van der Waals surface area contributed by atoms with E-state index >= 15 is 0 Å². The van der Waals surface area contributed by atoms with Crippen molar-refractivity contribution in [3.63, 3.8) is 0 Å². The third-order valence-electron chi connectivity index (χ3n) is 3.35. The second-order valence-corrected chi connectivity index (χ2v) is 5.02. The number of hydrogen-bond donors (Lipinski definition) is 2. The van der Waals surface area contributed by atoms with Crippen molar-refractivity contribution < 1.29 is 4.74 Å². The molecule has 1 atom stereocenters. The summed E-state index contributed by atoms with van der Waals surface area (Å²) in [4.78, 5) is 10.2. The van der Waals surface area contributed by atoms with Crippen LogP contribution in [0.4, 0.5) is 0 Å². The zero-order valence-electron chi connectivity index (χ0n) is 11.6. The van der Waals surface area contributed by atoms with Crippen molar-refractivity contribution in [3.05, 3.63) is 17.7 Å². The maximum absolute atomic E-state index is 5.81. The van der Waals surface area contributed by atoms with Gasteiger partial charge in [0.25, 0.3) is 0 Å². The molecule has 5 nitrogen and oxygen atoms in total. The molecule has 0 bridgehead atoms. The monoisotopic (exact) mass is 252 g/mol. The minimum absolute atomic E-state index is 0.0801. The number of aromatic amines is 1. The molecule has 1 aromatic rings. The molecule has 0 spiro atoms. The Labute approximate surface area is 109 Å². The maximum Gasteiger partial charge on any atom is 0.136 e. The average Bonchev–Trinajstić information content (AvgIpc) is 2.85. The predicted octanol–water partition coefficient (Wildman–Crippen LogP) is 1.30. The molecule has 2 N–H and O–H groups in total. The van der Waals surface area contributed by atoms with Crippen molar-refractivity contribution in [1.82, 2.24) is 20.2 Å². The van der Waals surface area contributed by atoms with Crippen molar-refractivity contribution in [2.24, 2.45) is 0 Å². The van der Waals surface area contributed by atoms with Crippen LogP contribution in [0.15, 0.2) is 6.20 Å². The molecular weight excluding hydrogens is 228 g/mol. The van der Waals surface area contributed by atoms with Crippen molar-refractivity contribution in [3.8, 4) is 0 Å². The summed E-state index contributed by atoms with van der Waals surface area (Å²) in [6.45, 7) is 11.1. The number of ether oxygens (including phenoxy) is 1. The van der Waals surface area contributed by atoms with Gasteiger partial charge in [-0.25, -0.2) is 4.98 Å². The van der Waals surface area contributed by atoms with Gasteiger partial charge in [-0.05, 0) is 20.4 Å². The van der Waals surface area contributed by atoms with E-state index in [2.05, 4.69) is 41.0 Å². The summed E-state index contributed by atoms with van der Waals surface area (Å²) >= 11 is 0. The quantitative estimate of drug-likeness (QED) is 0.829. The number of imidazole rings is 1. The summed E-state index contributed by atoms with van der Waals surface area (Å²) in [7, 11) is 0. The first kappa shape index (κ1) is 13.5. The summed E-state index contributed by atoms with van der Waals surface area (Å²) < 4.78 is 5.81. The Morgan fingerprint density at radius 1 is 1.61 bits per heavy atom.